The van der Waals surface area contributed by atoms with Crippen LogP contribution in [0.4, 0.5) is 0 Å². The predicted octanol–water partition coefficient (Wildman–Crippen LogP) is -0.00922. The zero-order valence-electron chi connectivity index (χ0n) is 8.42. The van der Waals surface area contributed by atoms with Crippen LogP contribution in [0.1, 0.15) is 18.9 Å². The lowest BCUT2D eigenvalue weighted by atomic mass is 9.76. The highest BCUT2D eigenvalue weighted by molar-refractivity contribution is 6.60. The minimum absolute atomic E-state index is 0.341. The fourth-order valence-corrected chi connectivity index (χ4v) is 1.13. The van der Waals surface area contributed by atoms with Gasteiger partial charge in [-0.2, -0.15) is 5.26 Å². The summed E-state index contributed by atoms with van der Waals surface area (Å²) >= 11 is 0. The summed E-state index contributed by atoms with van der Waals surface area (Å²) < 4.78 is 4.89. The summed E-state index contributed by atoms with van der Waals surface area (Å²) in [4.78, 5) is 0. The number of nitrogens with zero attached hydrogens (tertiary/aromatic N) is 1. The van der Waals surface area contributed by atoms with Crippen LogP contribution in [0.5, 0.6) is 0 Å². The summed E-state index contributed by atoms with van der Waals surface area (Å²) in [5.41, 5.74) is 0.709. The molecule has 1 unspecified atom stereocenters. The van der Waals surface area contributed by atoms with Gasteiger partial charge in [0.05, 0.1) is 11.6 Å². The smallest absolute Gasteiger partial charge is 0.423 e. The summed E-state index contributed by atoms with van der Waals surface area (Å²) in [6, 6.07) is 8.51. The SMILES string of the molecule is CCC(O)OB(O)c1ccccc1C#N. The minimum Gasteiger partial charge on any atom is -0.423 e. The lowest BCUT2D eigenvalue weighted by Gasteiger charge is -2.13. The molecule has 0 bridgehead atoms. The van der Waals surface area contributed by atoms with E-state index in [9.17, 15) is 10.1 Å². The number of hydrogen-bond acceptors (Lipinski definition) is 4. The third kappa shape index (κ3) is 3.06. The molecule has 5 heteroatoms. The van der Waals surface area contributed by atoms with Crippen molar-refractivity contribution in [2.75, 3.05) is 0 Å². The molecule has 1 rings (SSSR count). The highest BCUT2D eigenvalue weighted by Crippen LogP contribution is 2.00. The van der Waals surface area contributed by atoms with Crippen LogP contribution in [0.25, 0.3) is 0 Å². The lowest BCUT2D eigenvalue weighted by Crippen LogP contribution is -2.38. The van der Waals surface area contributed by atoms with Gasteiger partial charge in [0.25, 0.3) is 0 Å². The van der Waals surface area contributed by atoms with E-state index >= 15 is 0 Å². The second-order valence-electron chi connectivity index (χ2n) is 3.05. The van der Waals surface area contributed by atoms with Gasteiger partial charge in [-0.05, 0) is 12.5 Å². The normalized spacial score (nSPS) is 11.9. The molecule has 4 nitrogen and oxygen atoms in total. The standard InChI is InChI=1S/C10H12BNO3/c1-2-10(13)15-11(14)9-6-4-3-5-8(9)7-12/h3-6,10,13-14H,2H2,1H3. The van der Waals surface area contributed by atoms with Gasteiger partial charge in [-0.1, -0.05) is 25.1 Å². The molecular weight excluding hydrogens is 193 g/mol. The van der Waals surface area contributed by atoms with Crippen LogP contribution in [-0.2, 0) is 4.65 Å². The molecule has 2 N–H and O–H groups in total. The largest absolute Gasteiger partial charge is 0.494 e. The molecule has 1 aromatic rings. The van der Waals surface area contributed by atoms with E-state index in [1.165, 1.54) is 0 Å². The maximum absolute atomic E-state index is 9.60. The summed E-state index contributed by atoms with van der Waals surface area (Å²) in [5.74, 6) is 0. The van der Waals surface area contributed by atoms with Gasteiger partial charge >= 0.3 is 7.12 Å². The number of benzene rings is 1. The Labute approximate surface area is 88.9 Å². The van der Waals surface area contributed by atoms with Gasteiger partial charge in [0, 0.05) is 5.46 Å². The average Bonchev–Trinajstić information content (AvgIpc) is 2.28. The molecule has 1 aromatic carbocycles. The van der Waals surface area contributed by atoms with Crippen LogP contribution in [0.3, 0.4) is 0 Å². The molecule has 78 valence electrons. The van der Waals surface area contributed by atoms with E-state index in [4.69, 9.17) is 9.92 Å². The van der Waals surface area contributed by atoms with Crippen LogP contribution in [0.15, 0.2) is 24.3 Å². The van der Waals surface area contributed by atoms with Gasteiger partial charge in [0.2, 0.25) is 0 Å². The Morgan fingerprint density at radius 3 is 2.80 bits per heavy atom. The number of aliphatic hydroxyl groups excluding tert-OH is 1. The molecule has 0 aliphatic rings. The first-order chi connectivity index (χ1) is 7.19. The Balaban J connectivity index is 2.82. The second kappa shape index (κ2) is 5.52. The maximum atomic E-state index is 9.60. The van der Waals surface area contributed by atoms with Crippen LogP contribution >= 0.6 is 0 Å². The third-order valence-electron chi connectivity index (χ3n) is 1.98. The second-order valence-corrected chi connectivity index (χ2v) is 3.05. The fraction of sp³-hybridized carbons (Fsp3) is 0.300. The maximum Gasteiger partial charge on any atom is 0.494 e. The molecular formula is C10H12BNO3. The first-order valence-electron chi connectivity index (χ1n) is 4.69. The Bertz CT molecular complexity index is 364. The summed E-state index contributed by atoms with van der Waals surface area (Å²) in [7, 11) is -1.27. The molecule has 0 fully saturated rings. The number of nitriles is 1. The highest BCUT2D eigenvalue weighted by Gasteiger charge is 2.22. The van der Waals surface area contributed by atoms with Crippen molar-refractivity contribution in [2.45, 2.75) is 19.6 Å². The van der Waals surface area contributed by atoms with E-state index in [0.717, 1.165) is 0 Å². The van der Waals surface area contributed by atoms with Gasteiger partial charge in [0.15, 0.2) is 0 Å². The van der Waals surface area contributed by atoms with Crippen molar-refractivity contribution in [2.24, 2.45) is 0 Å². The van der Waals surface area contributed by atoms with E-state index in [2.05, 4.69) is 0 Å². The van der Waals surface area contributed by atoms with Crippen molar-refractivity contribution in [1.29, 1.82) is 5.26 Å². The average molecular weight is 205 g/mol. The van der Waals surface area contributed by atoms with Gasteiger partial charge in [-0.3, -0.25) is 0 Å². The molecule has 0 saturated heterocycles. The van der Waals surface area contributed by atoms with Gasteiger partial charge in [-0.15, -0.1) is 0 Å². The fourth-order valence-electron chi connectivity index (χ4n) is 1.13. The Hall–Kier alpha value is -1.35. The van der Waals surface area contributed by atoms with E-state index < -0.39 is 13.4 Å². The first kappa shape index (κ1) is 11.7. The molecule has 0 aliphatic carbocycles. The number of aliphatic hydroxyl groups is 1. The van der Waals surface area contributed by atoms with Crippen LogP contribution in [0, 0.1) is 11.3 Å². The molecule has 0 radical (unpaired) electrons. The van der Waals surface area contributed by atoms with Crippen molar-refractivity contribution in [1.82, 2.24) is 0 Å². The quantitative estimate of drug-likeness (QED) is 0.535. The van der Waals surface area contributed by atoms with Crippen molar-refractivity contribution in [3.8, 4) is 6.07 Å². The molecule has 15 heavy (non-hydrogen) atoms. The number of hydrogen-bond donors (Lipinski definition) is 2. The lowest BCUT2D eigenvalue weighted by molar-refractivity contribution is -0.0308. The van der Waals surface area contributed by atoms with Crippen LogP contribution in [0.2, 0.25) is 0 Å². The Kier molecular flexibility index (Phi) is 4.31. The molecule has 1 atom stereocenters. The van der Waals surface area contributed by atoms with E-state index in [1.54, 1.807) is 31.2 Å². The van der Waals surface area contributed by atoms with Crippen molar-refractivity contribution >= 4 is 12.6 Å². The highest BCUT2D eigenvalue weighted by atomic mass is 16.6. The van der Waals surface area contributed by atoms with E-state index in [0.29, 0.717) is 17.4 Å². The van der Waals surface area contributed by atoms with Crippen molar-refractivity contribution in [3.05, 3.63) is 29.8 Å². The zero-order valence-corrected chi connectivity index (χ0v) is 8.42. The Morgan fingerprint density at radius 1 is 1.53 bits per heavy atom. The predicted molar refractivity (Wildman–Crippen MR) is 56.1 cm³/mol. The topological polar surface area (TPSA) is 73.5 Å². The van der Waals surface area contributed by atoms with E-state index in [-0.39, 0.29) is 0 Å². The van der Waals surface area contributed by atoms with Crippen LogP contribution in [-0.4, -0.2) is 23.5 Å². The van der Waals surface area contributed by atoms with E-state index in [1.807, 2.05) is 6.07 Å². The van der Waals surface area contributed by atoms with Crippen LogP contribution < -0.4 is 5.46 Å². The summed E-state index contributed by atoms with van der Waals surface area (Å²) in [6.07, 6.45) is -0.641. The first-order valence-corrected chi connectivity index (χ1v) is 4.69. The number of rotatable bonds is 4. The zero-order chi connectivity index (χ0) is 11.3. The molecule has 0 heterocycles. The van der Waals surface area contributed by atoms with Crippen molar-refractivity contribution < 1.29 is 14.8 Å². The van der Waals surface area contributed by atoms with Crippen molar-refractivity contribution in [3.63, 3.8) is 0 Å². The molecule has 0 aromatic heterocycles. The third-order valence-corrected chi connectivity index (χ3v) is 1.98. The minimum atomic E-state index is -1.27. The Morgan fingerprint density at radius 2 is 2.20 bits per heavy atom. The molecule has 0 aliphatic heterocycles. The van der Waals surface area contributed by atoms with Gasteiger partial charge in [-0.25, -0.2) is 0 Å². The summed E-state index contributed by atoms with van der Waals surface area (Å²) in [6.45, 7) is 1.73. The van der Waals surface area contributed by atoms with Gasteiger partial charge < -0.3 is 14.8 Å². The monoisotopic (exact) mass is 205 g/mol. The molecule has 0 saturated carbocycles. The van der Waals surface area contributed by atoms with Gasteiger partial charge in [0.1, 0.15) is 6.29 Å². The summed E-state index contributed by atoms with van der Waals surface area (Å²) in [5, 5.41) is 27.6. The molecule has 0 spiro atoms. The molecule has 0 amide bonds.